The van der Waals surface area contributed by atoms with Crippen LogP contribution in [0.5, 0.6) is 0 Å². The Morgan fingerprint density at radius 3 is 2.65 bits per heavy atom. The lowest BCUT2D eigenvalue weighted by Crippen LogP contribution is -2.19. The highest BCUT2D eigenvalue weighted by atomic mass is 32.2. The first-order chi connectivity index (χ1) is 9.42. The zero-order valence-corrected chi connectivity index (χ0v) is 11.7. The molecule has 0 atom stereocenters. The summed E-state index contributed by atoms with van der Waals surface area (Å²) in [6.07, 6.45) is 4.11. The number of rotatable bonds is 4. The van der Waals surface area contributed by atoms with Crippen LogP contribution in [0.15, 0.2) is 41.8 Å². The number of nitrogens with one attached hydrogen (secondary N) is 1. The van der Waals surface area contributed by atoms with Gasteiger partial charge in [-0.3, -0.25) is 9.71 Å². The number of hydrogen-bond donors (Lipinski definition) is 1. The first kappa shape index (κ1) is 14.2. The molecule has 2 aromatic rings. The van der Waals surface area contributed by atoms with Crippen LogP contribution in [0.25, 0.3) is 0 Å². The molecule has 2 rings (SSSR count). The summed E-state index contributed by atoms with van der Waals surface area (Å²) in [7, 11) is -0.586. The van der Waals surface area contributed by atoms with Crippen molar-refractivity contribution in [2.24, 2.45) is 0 Å². The van der Waals surface area contributed by atoms with Crippen molar-refractivity contribution >= 4 is 21.4 Å². The maximum Gasteiger partial charge on any atom is 0.282 e. The Kier molecular flexibility index (Phi) is 3.84. The molecule has 0 aromatic carbocycles. The molecule has 0 unspecified atom stereocenters. The van der Waals surface area contributed by atoms with Crippen molar-refractivity contribution in [3.63, 3.8) is 0 Å². The molecule has 0 aliphatic heterocycles. The average molecular weight is 296 g/mol. The number of hydrogen-bond acceptors (Lipinski definition) is 5. The van der Waals surface area contributed by atoms with Crippen LogP contribution in [0.3, 0.4) is 0 Å². The number of pyridine rings is 2. The molecule has 0 saturated heterocycles. The van der Waals surface area contributed by atoms with Gasteiger partial charge in [0.1, 0.15) is 0 Å². The highest BCUT2D eigenvalue weighted by Gasteiger charge is 2.22. The molecule has 1 N–H and O–H groups in total. The van der Waals surface area contributed by atoms with Gasteiger partial charge in [0.15, 0.2) is 5.82 Å². The molecule has 0 radical (unpaired) electrons. The van der Waals surface area contributed by atoms with Gasteiger partial charge >= 0.3 is 0 Å². The summed E-state index contributed by atoms with van der Waals surface area (Å²) in [5.74, 6) is -0.907. The summed E-state index contributed by atoms with van der Waals surface area (Å²) in [6.45, 7) is 0. The Bertz CT molecular complexity index is 719. The Morgan fingerprint density at radius 2 is 2.00 bits per heavy atom. The first-order valence-electron chi connectivity index (χ1n) is 5.66. The monoisotopic (exact) mass is 296 g/mol. The number of halogens is 1. The van der Waals surface area contributed by atoms with Crippen LogP contribution in [0.2, 0.25) is 0 Å². The third-order valence-corrected chi connectivity index (χ3v) is 3.80. The summed E-state index contributed by atoms with van der Waals surface area (Å²) >= 11 is 0. The molecule has 0 fully saturated rings. The van der Waals surface area contributed by atoms with E-state index in [0.717, 1.165) is 6.07 Å². The highest BCUT2D eigenvalue weighted by molar-refractivity contribution is 7.92. The smallest absolute Gasteiger partial charge is 0.282 e. The van der Waals surface area contributed by atoms with Crippen LogP contribution in [0.1, 0.15) is 0 Å². The van der Waals surface area contributed by atoms with Crippen LogP contribution in [0, 0.1) is 5.82 Å². The van der Waals surface area contributed by atoms with Crippen LogP contribution in [-0.4, -0.2) is 32.5 Å². The van der Waals surface area contributed by atoms with Crippen molar-refractivity contribution < 1.29 is 12.8 Å². The molecule has 20 heavy (non-hydrogen) atoms. The van der Waals surface area contributed by atoms with Gasteiger partial charge in [0.2, 0.25) is 5.03 Å². The van der Waals surface area contributed by atoms with Gasteiger partial charge in [-0.25, -0.2) is 9.37 Å². The predicted octanol–water partition coefficient (Wildman–Crippen LogP) is 1.48. The summed E-state index contributed by atoms with van der Waals surface area (Å²) in [6, 6.07) is 4.01. The third kappa shape index (κ3) is 2.85. The van der Waals surface area contributed by atoms with E-state index in [9.17, 15) is 12.8 Å². The van der Waals surface area contributed by atoms with Gasteiger partial charge in [0.25, 0.3) is 10.0 Å². The number of nitrogens with zero attached hydrogens (tertiary/aromatic N) is 3. The van der Waals surface area contributed by atoms with Crippen molar-refractivity contribution in [2.75, 3.05) is 23.7 Å². The molecule has 0 bridgehead atoms. The molecule has 0 amide bonds. The second kappa shape index (κ2) is 5.41. The van der Waals surface area contributed by atoms with Crippen molar-refractivity contribution in [3.8, 4) is 0 Å². The Hall–Kier alpha value is -2.22. The van der Waals surface area contributed by atoms with Gasteiger partial charge in [-0.2, -0.15) is 8.42 Å². The molecule has 106 valence electrons. The van der Waals surface area contributed by atoms with Crippen LogP contribution in [0.4, 0.5) is 15.8 Å². The molecular weight excluding hydrogens is 283 g/mol. The van der Waals surface area contributed by atoms with E-state index in [0.29, 0.717) is 5.69 Å². The van der Waals surface area contributed by atoms with E-state index < -0.39 is 20.9 Å². The van der Waals surface area contributed by atoms with Crippen molar-refractivity contribution in [1.82, 2.24) is 9.97 Å². The molecule has 8 heteroatoms. The fourth-order valence-corrected chi connectivity index (χ4v) is 2.69. The molecule has 2 aromatic heterocycles. The van der Waals surface area contributed by atoms with Gasteiger partial charge in [0.05, 0.1) is 17.6 Å². The zero-order valence-electron chi connectivity index (χ0n) is 10.9. The van der Waals surface area contributed by atoms with E-state index in [4.69, 9.17) is 0 Å². The maximum absolute atomic E-state index is 13.5. The van der Waals surface area contributed by atoms with Gasteiger partial charge in [-0.05, 0) is 18.2 Å². The van der Waals surface area contributed by atoms with Gasteiger partial charge in [-0.15, -0.1) is 0 Å². The number of sulfonamides is 1. The molecular formula is C12H13FN4O2S. The fourth-order valence-electron chi connectivity index (χ4n) is 1.62. The topological polar surface area (TPSA) is 75.2 Å². The fraction of sp³-hybridized carbons (Fsp3) is 0.167. The zero-order chi connectivity index (χ0) is 14.8. The lowest BCUT2D eigenvalue weighted by molar-refractivity contribution is 0.557. The van der Waals surface area contributed by atoms with Crippen LogP contribution in [-0.2, 0) is 10.0 Å². The van der Waals surface area contributed by atoms with Crippen LogP contribution < -0.4 is 9.62 Å². The third-order valence-electron chi connectivity index (χ3n) is 2.50. The Labute approximate surface area is 116 Å². The molecule has 2 heterocycles. The summed E-state index contributed by atoms with van der Waals surface area (Å²) < 4.78 is 40.1. The maximum atomic E-state index is 13.5. The normalized spacial score (nSPS) is 11.2. The highest BCUT2D eigenvalue weighted by Crippen LogP contribution is 2.25. The lowest BCUT2D eigenvalue weighted by atomic mass is 10.3. The Morgan fingerprint density at radius 1 is 1.25 bits per heavy atom. The summed E-state index contributed by atoms with van der Waals surface area (Å²) in [4.78, 5) is 9.14. The van der Waals surface area contributed by atoms with E-state index in [2.05, 4.69) is 14.7 Å². The van der Waals surface area contributed by atoms with Gasteiger partial charge < -0.3 is 4.90 Å². The largest absolute Gasteiger partial charge is 0.376 e. The second-order valence-corrected chi connectivity index (χ2v) is 5.78. The van der Waals surface area contributed by atoms with Crippen molar-refractivity contribution in [3.05, 3.63) is 42.6 Å². The predicted molar refractivity (Wildman–Crippen MR) is 73.6 cm³/mol. The minimum Gasteiger partial charge on any atom is -0.376 e. The Balaban J connectivity index is 2.42. The van der Waals surface area contributed by atoms with E-state index >= 15 is 0 Å². The quantitative estimate of drug-likeness (QED) is 0.925. The van der Waals surface area contributed by atoms with E-state index in [1.165, 1.54) is 24.7 Å². The standard InChI is InChI=1S/C12H13FN4O2S/c1-17(2)11-5-7-14-8-10(11)16-20(18,19)12-9(13)4-3-6-15-12/h3-8,16H,1-2H3. The second-order valence-electron chi connectivity index (χ2n) is 4.18. The van der Waals surface area contributed by atoms with Crippen LogP contribution >= 0.6 is 0 Å². The van der Waals surface area contributed by atoms with Gasteiger partial charge in [0, 0.05) is 26.5 Å². The average Bonchev–Trinajstić information content (AvgIpc) is 2.39. The summed E-state index contributed by atoms with van der Waals surface area (Å²) in [5, 5.41) is -0.645. The van der Waals surface area contributed by atoms with E-state index in [1.54, 1.807) is 25.1 Å². The molecule has 0 aliphatic carbocycles. The number of anilines is 2. The minimum absolute atomic E-state index is 0.252. The lowest BCUT2D eigenvalue weighted by Gasteiger charge is -2.17. The number of aromatic nitrogens is 2. The minimum atomic E-state index is -4.10. The van der Waals surface area contributed by atoms with E-state index in [1.807, 2.05) is 0 Å². The van der Waals surface area contributed by atoms with E-state index in [-0.39, 0.29) is 5.69 Å². The molecule has 6 nitrogen and oxygen atoms in total. The SMILES string of the molecule is CN(C)c1ccncc1NS(=O)(=O)c1ncccc1F. The van der Waals surface area contributed by atoms with Crippen molar-refractivity contribution in [1.29, 1.82) is 0 Å². The van der Waals surface area contributed by atoms with Gasteiger partial charge in [-0.1, -0.05) is 0 Å². The first-order valence-corrected chi connectivity index (χ1v) is 7.15. The summed E-state index contributed by atoms with van der Waals surface area (Å²) in [5.41, 5.74) is 0.863. The molecule has 0 aliphatic rings. The molecule has 0 saturated carbocycles. The van der Waals surface area contributed by atoms with Crippen molar-refractivity contribution in [2.45, 2.75) is 5.03 Å². The molecule has 0 spiro atoms.